The maximum absolute atomic E-state index is 5.84. The zero-order valence-corrected chi connectivity index (χ0v) is 11.5. The van der Waals surface area contributed by atoms with E-state index in [1.165, 1.54) is 0 Å². The summed E-state index contributed by atoms with van der Waals surface area (Å²) in [6.45, 7) is 2.02. The lowest BCUT2D eigenvalue weighted by atomic mass is 10.2. The number of nitrogens with two attached hydrogens (primary N) is 1. The van der Waals surface area contributed by atoms with Crippen LogP contribution in [0.1, 0.15) is 5.56 Å². The maximum atomic E-state index is 5.84. The molecule has 1 aromatic carbocycles. The molecule has 3 nitrogen and oxygen atoms in total. The van der Waals surface area contributed by atoms with Gasteiger partial charge in [-0.05, 0) is 46.6 Å². The van der Waals surface area contributed by atoms with Crippen molar-refractivity contribution in [1.82, 2.24) is 4.98 Å². The van der Waals surface area contributed by atoms with Gasteiger partial charge in [0, 0.05) is 4.47 Å². The van der Waals surface area contributed by atoms with Crippen LogP contribution in [0, 0.1) is 6.92 Å². The first kappa shape index (κ1) is 12.2. The molecule has 0 amide bonds. The molecule has 0 spiro atoms. The monoisotopic (exact) mass is 311 g/mol. The quantitative estimate of drug-likeness (QED) is 0.820. The van der Waals surface area contributed by atoms with E-state index >= 15 is 0 Å². The molecule has 5 heteroatoms. The van der Waals surface area contributed by atoms with Crippen LogP contribution >= 0.6 is 27.5 Å². The van der Waals surface area contributed by atoms with Crippen LogP contribution in [0.5, 0.6) is 0 Å². The van der Waals surface area contributed by atoms with E-state index in [2.05, 4.69) is 26.2 Å². The van der Waals surface area contributed by atoms with Gasteiger partial charge in [0.2, 0.25) is 0 Å². The molecule has 0 atom stereocenters. The number of benzene rings is 1. The van der Waals surface area contributed by atoms with Crippen molar-refractivity contribution in [2.24, 2.45) is 0 Å². The Labute approximate surface area is 113 Å². The molecule has 2 rings (SSSR count). The Morgan fingerprint density at radius 1 is 1.29 bits per heavy atom. The number of nitrogens with zero attached hydrogens (tertiary/aromatic N) is 1. The average Bonchev–Trinajstić information content (AvgIpc) is 2.30. The summed E-state index contributed by atoms with van der Waals surface area (Å²) in [4.78, 5) is 4.15. The maximum Gasteiger partial charge on any atom is 0.155 e. The lowest BCUT2D eigenvalue weighted by Gasteiger charge is -2.11. The zero-order chi connectivity index (χ0) is 12.4. The minimum atomic E-state index is 0.408. The highest BCUT2D eigenvalue weighted by Gasteiger charge is 2.06. The largest absolute Gasteiger partial charge is 0.396 e. The molecule has 17 heavy (non-hydrogen) atoms. The van der Waals surface area contributed by atoms with Crippen molar-refractivity contribution in [2.45, 2.75) is 6.92 Å². The van der Waals surface area contributed by atoms with Gasteiger partial charge in [0.25, 0.3) is 0 Å². The van der Waals surface area contributed by atoms with E-state index in [-0.39, 0.29) is 0 Å². The smallest absolute Gasteiger partial charge is 0.155 e. The van der Waals surface area contributed by atoms with Gasteiger partial charge in [-0.3, -0.25) is 0 Å². The number of aromatic nitrogens is 1. The SMILES string of the molecule is Cc1cccc(Nc2nc(Cl)ccc2N)c1Br. The predicted octanol–water partition coefficient (Wildman–Crippen LogP) is 4.13. The number of pyridine rings is 1. The number of hydrogen-bond acceptors (Lipinski definition) is 3. The van der Waals surface area contributed by atoms with E-state index in [0.29, 0.717) is 16.7 Å². The zero-order valence-electron chi connectivity index (χ0n) is 9.17. The van der Waals surface area contributed by atoms with Crippen molar-refractivity contribution in [1.29, 1.82) is 0 Å². The number of nitrogen functional groups attached to an aromatic ring is 1. The van der Waals surface area contributed by atoms with Gasteiger partial charge in [0.1, 0.15) is 5.15 Å². The molecule has 1 heterocycles. The molecule has 3 N–H and O–H groups in total. The fourth-order valence-electron chi connectivity index (χ4n) is 1.42. The van der Waals surface area contributed by atoms with Gasteiger partial charge in [0.05, 0.1) is 11.4 Å². The average molecular weight is 313 g/mol. The van der Waals surface area contributed by atoms with Crippen molar-refractivity contribution < 1.29 is 0 Å². The molecule has 0 aliphatic carbocycles. The fraction of sp³-hybridized carbons (Fsp3) is 0.0833. The first-order valence-electron chi connectivity index (χ1n) is 5.02. The lowest BCUT2D eigenvalue weighted by Crippen LogP contribution is -2.00. The van der Waals surface area contributed by atoms with Gasteiger partial charge >= 0.3 is 0 Å². The Hall–Kier alpha value is -1.26. The molecule has 0 saturated carbocycles. The molecule has 0 saturated heterocycles. The molecule has 0 radical (unpaired) electrons. The number of nitrogens with one attached hydrogen (secondary N) is 1. The van der Waals surface area contributed by atoms with Crippen LogP contribution in [0.4, 0.5) is 17.2 Å². The third-order valence-electron chi connectivity index (χ3n) is 2.34. The number of halogens is 2. The molecule has 0 aliphatic rings. The van der Waals surface area contributed by atoms with E-state index < -0.39 is 0 Å². The van der Waals surface area contributed by atoms with Crippen molar-refractivity contribution in [3.05, 3.63) is 45.5 Å². The third-order valence-corrected chi connectivity index (χ3v) is 3.60. The van der Waals surface area contributed by atoms with Gasteiger partial charge in [0.15, 0.2) is 5.82 Å². The second kappa shape index (κ2) is 4.94. The van der Waals surface area contributed by atoms with Crippen molar-refractivity contribution in [3.63, 3.8) is 0 Å². The van der Waals surface area contributed by atoms with E-state index in [1.807, 2.05) is 25.1 Å². The second-order valence-electron chi connectivity index (χ2n) is 3.63. The van der Waals surface area contributed by atoms with Crippen molar-refractivity contribution in [3.8, 4) is 0 Å². The Kier molecular flexibility index (Phi) is 3.54. The van der Waals surface area contributed by atoms with Crippen molar-refractivity contribution >= 4 is 44.7 Å². The van der Waals surface area contributed by atoms with Crippen LogP contribution < -0.4 is 11.1 Å². The highest BCUT2D eigenvalue weighted by Crippen LogP contribution is 2.30. The lowest BCUT2D eigenvalue weighted by molar-refractivity contribution is 1.30. The molecule has 0 aliphatic heterocycles. The minimum absolute atomic E-state index is 0.408. The summed E-state index contributed by atoms with van der Waals surface area (Å²) in [6.07, 6.45) is 0. The van der Waals surface area contributed by atoms with Crippen molar-refractivity contribution in [2.75, 3.05) is 11.1 Å². The summed E-state index contributed by atoms with van der Waals surface area (Å²) in [5, 5.41) is 3.56. The number of aryl methyl sites for hydroxylation is 1. The van der Waals surface area contributed by atoms with Crippen LogP contribution in [0.15, 0.2) is 34.8 Å². The molecule has 0 fully saturated rings. The van der Waals surface area contributed by atoms with Crippen LogP contribution in [-0.2, 0) is 0 Å². The molecule has 2 aromatic rings. The van der Waals surface area contributed by atoms with Gasteiger partial charge in [-0.15, -0.1) is 0 Å². The van der Waals surface area contributed by atoms with Gasteiger partial charge < -0.3 is 11.1 Å². The first-order chi connectivity index (χ1) is 8.08. The Morgan fingerprint density at radius 2 is 2.06 bits per heavy atom. The normalized spacial score (nSPS) is 10.3. The number of hydrogen-bond donors (Lipinski definition) is 2. The van der Waals surface area contributed by atoms with Crippen LogP contribution in [0.3, 0.4) is 0 Å². The molecule has 88 valence electrons. The predicted molar refractivity (Wildman–Crippen MR) is 75.8 cm³/mol. The van der Waals surface area contributed by atoms with E-state index in [1.54, 1.807) is 12.1 Å². The van der Waals surface area contributed by atoms with Gasteiger partial charge in [-0.25, -0.2) is 4.98 Å². The first-order valence-corrected chi connectivity index (χ1v) is 6.19. The summed E-state index contributed by atoms with van der Waals surface area (Å²) in [7, 11) is 0. The molecule has 1 aromatic heterocycles. The second-order valence-corrected chi connectivity index (χ2v) is 4.81. The molecule has 0 unspecified atom stereocenters. The highest BCUT2D eigenvalue weighted by atomic mass is 79.9. The summed E-state index contributed by atoms with van der Waals surface area (Å²) in [5.41, 5.74) is 8.43. The van der Waals surface area contributed by atoms with Crippen LogP contribution in [-0.4, -0.2) is 4.98 Å². The molecular weight excluding hydrogens is 302 g/mol. The summed E-state index contributed by atoms with van der Waals surface area (Å²) < 4.78 is 0.987. The number of rotatable bonds is 2. The minimum Gasteiger partial charge on any atom is -0.396 e. The third kappa shape index (κ3) is 2.70. The highest BCUT2D eigenvalue weighted by molar-refractivity contribution is 9.10. The summed E-state index contributed by atoms with van der Waals surface area (Å²) in [5.74, 6) is 0.559. The Balaban J connectivity index is 2.38. The van der Waals surface area contributed by atoms with E-state index in [4.69, 9.17) is 17.3 Å². The van der Waals surface area contributed by atoms with E-state index in [0.717, 1.165) is 15.7 Å². The molecular formula is C12H11BrClN3. The number of anilines is 3. The standard InChI is InChI=1S/C12H11BrClN3/c1-7-3-2-4-9(11(7)13)16-12-8(15)5-6-10(14)17-12/h2-6H,15H2,1H3,(H,16,17). The summed E-state index contributed by atoms with van der Waals surface area (Å²) in [6, 6.07) is 9.31. The van der Waals surface area contributed by atoms with Crippen LogP contribution in [0.25, 0.3) is 0 Å². The molecule has 0 bridgehead atoms. The van der Waals surface area contributed by atoms with Gasteiger partial charge in [-0.1, -0.05) is 23.7 Å². The topological polar surface area (TPSA) is 50.9 Å². The Morgan fingerprint density at radius 3 is 2.82 bits per heavy atom. The fourth-order valence-corrected chi connectivity index (χ4v) is 1.93. The summed E-state index contributed by atoms with van der Waals surface area (Å²) >= 11 is 9.35. The van der Waals surface area contributed by atoms with Crippen LogP contribution in [0.2, 0.25) is 5.15 Å². The van der Waals surface area contributed by atoms with Gasteiger partial charge in [-0.2, -0.15) is 0 Å². The Bertz CT molecular complexity index is 557. The van der Waals surface area contributed by atoms with E-state index in [9.17, 15) is 0 Å².